The zero-order valence-electron chi connectivity index (χ0n) is 10.5. The van der Waals surface area contributed by atoms with Crippen molar-refractivity contribution in [1.29, 1.82) is 0 Å². The van der Waals surface area contributed by atoms with E-state index in [4.69, 9.17) is 5.73 Å². The Kier molecular flexibility index (Phi) is 3.82. The maximum absolute atomic E-state index is 12.0. The molecule has 0 radical (unpaired) electrons. The minimum absolute atomic E-state index is 0.118. The van der Waals surface area contributed by atoms with Crippen LogP contribution in [0, 0.1) is 6.92 Å². The minimum atomic E-state index is -3.56. The molecule has 3 N–H and O–H groups in total. The van der Waals surface area contributed by atoms with E-state index in [1.807, 2.05) is 31.2 Å². The maximum Gasteiger partial charge on any atom is 0.241 e. The molecule has 0 amide bonds. The molecule has 0 saturated carbocycles. The van der Waals surface area contributed by atoms with Gasteiger partial charge in [0.1, 0.15) is 5.82 Å². The number of nitrogen functional groups attached to an aromatic ring is 1. The SMILES string of the molecule is Cc1cccc(CNS(=O)(=O)c2ccnc(N)c2)c1. The standard InChI is InChI=1S/C13H15N3O2S/c1-10-3-2-4-11(7-10)9-16-19(17,18)12-5-6-15-13(14)8-12/h2-8,16H,9H2,1H3,(H2,14,15). The van der Waals surface area contributed by atoms with Crippen LogP contribution in [0.25, 0.3) is 0 Å². The van der Waals surface area contributed by atoms with Crippen molar-refractivity contribution < 1.29 is 8.42 Å². The number of hydrogen-bond donors (Lipinski definition) is 2. The Labute approximate surface area is 112 Å². The Morgan fingerprint density at radius 1 is 1.26 bits per heavy atom. The van der Waals surface area contributed by atoms with Crippen molar-refractivity contribution in [3.05, 3.63) is 53.7 Å². The van der Waals surface area contributed by atoms with Crippen LogP contribution in [-0.2, 0) is 16.6 Å². The van der Waals surface area contributed by atoms with Gasteiger partial charge in [-0.25, -0.2) is 18.1 Å². The third-order valence-electron chi connectivity index (χ3n) is 2.61. The number of anilines is 1. The highest BCUT2D eigenvalue weighted by Gasteiger charge is 2.13. The van der Waals surface area contributed by atoms with Crippen LogP contribution in [0.15, 0.2) is 47.5 Å². The summed E-state index contributed by atoms with van der Waals surface area (Å²) < 4.78 is 26.6. The second-order valence-electron chi connectivity index (χ2n) is 4.23. The summed E-state index contributed by atoms with van der Waals surface area (Å²) in [7, 11) is -3.56. The number of benzene rings is 1. The van der Waals surface area contributed by atoms with Gasteiger partial charge in [-0.3, -0.25) is 0 Å². The summed E-state index contributed by atoms with van der Waals surface area (Å²) in [5, 5.41) is 0. The molecule has 0 aliphatic heterocycles. The number of nitrogens with one attached hydrogen (secondary N) is 1. The van der Waals surface area contributed by atoms with E-state index in [0.717, 1.165) is 11.1 Å². The summed E-state index contributed by atoms with van der Waals surface area (Å²) in [4.78, 5) is 3.89. The Bertz CT molecular complexity index is 684. The van der Waals surface area contributed by atoms with E-state index in [9.17, 15) is 8.42 Å². The number of aromatic nitrogens is 1. The van der Waals surface area contributed by atoms with Crippen LogP contribution in [0.1, 0.15) is 11.1 Å². The second kappa shape index (κ2) is 5.38. The first kappa shape index (κ1) is 13.5. The molecular weight excluding hydrogens is 262 g/mol. The van der Waals surface area contributed by atoms with E-state index in [1.165, 1.54) is 18.3 Å². The molecule has 0 fully saturated rings. The zero-order chi connectivity index (χ0) is 13.9. The zero-order valence-corrected chi connectivity index (χ0v) is 11.3. The molecule has 1 aromatic carbocycles. The molecule has 1 aromatic heterocycles. The number of sulfonamides is 1. The summed E-state index contributed by atoms with van der Waals surface area (Å²) >= 11 is 0. The average molecular weight is 277 g/mol. The number of hydrogen-bond acceptors (Lipinski definition) is 4. The minimum Gasteiger partial charge on any atom is -0.384 e. The molecule has 0 spiro atoms. The molecule has 1 heterocycles. The van der Waals surface area contributed by atoms with E-state index < -0.39 is 10.0 Å². The molecule has 2 rings (SSSR count). The predicted molar refractivity (Wildman–Crippen MR) is 73.9 cm³/mol. The van der Waals surface area contributed by atoms with Crippen LogP contribution >= 0.6 is 0 Å². The van der Waals surface area contributed by atoms with Gasteiger partial charge in [0.15, 0.2) is 0 Å². The number of pyridine rings is 1. The first-order valence-electron chi connectivity index (χ1n) is 5.74. The van der Waals surface area contributed by atoms with E-state index in [1.54, 1.807) is 0 Å². The Morgan fingerprint density at radius 2 is 2.05 bits per heavy atom. The topological polar surface area (TPSA) is 85.1 Å². The lowest BCUT2D eigenvalue weighted by Crippen LogP contribution is -2.23. The number of nitrogens with zero attached hydrogens (tertiary/aromatic N) is 1. The van der Waals surface area contributed by atoms with Crippen molar-refractivity contribution in [3.63, 3.8) is 0 Å². The van der Waals surface area contributed by atoms with Crippen molar-refractivity contribution >= 4 is 15.8 Å². The largest absolute Gasteiger partial charge is 0.384 e. The quantitative estimate of drug-likeness (QED) is 0.885. The maximum atomic E-state index is 12.0. The fourth-order valence-corrected chi connectivity index (χ4v) is 2.72. The fourth-order valence-electron chi connectivity index (χ4n) is 1.68. The summed E-state index contributed by atoms with van der Waals surface area (Å²) in [5.74, 6) is 0.179. The lowest BCUT2D eigenvalue weighted by atomic mass is 10.1. The molecule has 0 atom stereocenters. The molecule has 0 saturated heterocycles. The third kappa shape index (κ3) is 3.52. The van der Waals surface area contributed by atoms with Gasteiger partial charge in [-0.1, -0.05) is 29.8 Å². The first-order valence-corrected chi connectivity index (χ1v) is 7.22. The van der Waals surface area contributed by atoms with Gasteiger partial charge >= 0.3 is 0 Å². The molecule has 6 heteroatoms. The van der Waals surface area contributed by atoms with Gasteiger partial charge in [0.05, 0.1) is 4.90 Å². The van der Waals surface area contributed by atoms with Gasteiger partial charge in [-0.15, -0.1) is 0 Å². The molecule has 0 bridgehead atoms. The van der Waals surface area contributed by atoms with Crippen LogP contribution in [0.2, 0.25) is 0 Å². The molecule has 100 valence electrons. The molecule has 2 aromatic rings. The van der Waals surface area contributed by atoms with Crippen molar-refractivity contribution in [2.24, 2.45) is 0 Å². The molecule has 0 aliphatic carbocycles. The second-order valence-corrected chi connectivity index (χ2v) is 6.00. The van der Waals surface area contributed by atoms with E-state index in [-0.39, 0.29) is 17.3 Å². The highest BCUT2D eigenvalue weighted by Crippen LogP contribution is 2.11. The fraction of sp³-hybridized carbons (Fsp3) is 0.154. The Hall–Kier alpha value is -1.92. The lowest BCUT2D eigenvalue weighted by molar-refractivity contribution is 0.581. The van der Waals surface area contributed by atoms with Crippen LogP contribution in [0.3, 0.4) is 0 Å². The van der Waals surface area contributed by atoms with Crippen LogP contribution in [-0.4, -0.2) is 13.4 Å². The number of aryl methyl sites for hydroxylation is 1. The van der Waals surface area contributed by atoms with Gasteiger partial charge in [0.2, 0.25) is 10.0 Å². The van der Waals surface area contributed by atoms with Gasteiger partial charge < -0.3 is 5.73 Å². The number of nitrogens with two attached hydrogens (primary N) is 1. The van der Waals surface area contributed by atoms with Crippen LogP contribution in [0.4, 0.5) is 5.82 Å². The van der Waals surface area contributed by atoms with Gasteiger partial charge in [-0.05, 0) is 18.6 Å². The van der Waals surface area contributed by atoms with Gasteiger partial charge in [-0.2, -0.15) is 0 Å². The number of rotatable bonds is 4. The smallest absolute Gasteiger partial charge is 0.241 e. The Balaban J connectivity index is 2.14. The van der Waals surface area contributed by atoms with Gasteiger partial charge in [0, 0.05) is 18.8 Å². The molecule has 19 heavy (non-hydrogen) atoms. The van der Waals surface area contributed by atoms with Gasteiger partial charge in [0.25, 0.3) is 0 Å². The molecule has 5 nitrogen and oxygen atoms in total. The van der Waals surface area contributed by atoms with Crippen molar-refractivity contribution in [1.82, 2.24) is 9.71 Å². The highest BCUT2D eigenvalue weighted by molar-refractivity contribution is 7.89. The van der Waals surface area contributed by atoms with E-state index in [0.29, 0.717) is 0 Å². The van der Waals surface area contributed by atoms with Crippen LogP contribution < -0.4 is 10.5 Å². The van der Waals surface area contributed by atoms with Crippen LogP contribution in [0.5, 0.6) is 0 Å². The Morgan fingerprint density at radius 3 is 2.74 bits per heavy atom. The highest BCUT2D eigenvalue weighted by atomic mass is 32.2. The molecule has 0 unspecified atom stereocenters. The van der Waals surface area contributed by atoms with Crippen molar-refractivity contribution in [3.8, 4) is 0 Å². The van der Waals surface area contributed by atoms with E-state index >= 15 is 0 Å². The van der Waals surface area contributed by atoms with Crippen molar-refractivity contribution in [2.45, 2.75) is 18.4 Å². The average Bonchev–Trinajstić information content (AvgIpc) is 2.37. The normalized spacial score (nSPS) is 11.4. The first-order chi connectivity index (χ1) is 8.97. The molecule has 0 aliphatic rings. The van der Waals surface area contributed by atoms with E-state index in [2.05, 4.69) is 9.71 Å². The lowest BCUT2D eigenvalue weighted by Gasteiger charge is -2.07. The monoisotopic (exact) mass is 277 g/mol. The molecular formula is C13H15N3O2S. The third-order valence-corrected chi connectivity index (χ3v) is 4.01. The summed E-state index contributed by atoms with van der Waals surface area (Å²) in [6, 6.07) is 10.4. The summed E-state index contributed by atoms with van der Waals surface area (Å²) in [5.41, 5.74) is 7.47. The predicted octanol–water partition coefficient (Wildman–Crippen LogP) is 1.45. The summed E-state index contributed by atoms with van der Waals surface area (Å²) in [6.45, 7) is 2.20. The van der Waals surface area contributed by atoms with Crippen molar-refractivity contribution in [2.75, 3.05) is 5.73 Å². The summed E-state index contributed by atoms with van der Waals surface area (Å²) in [6.07, 6.45) is 1.37.